The first-order valence-electron chi connectivity index (χ1n) is 5.96. The van der Waals surface area contributed by atoms with E-state index in [0.29, 0.717) is 11.6 Å². The molecule has 0 spiro atoms. The van der Waals surface area contributed by atoms with Crippen molar-refractivity contribution in [3.63, 3.8) is 0 Å². The van der Waals surface area contributed by atoms with Crippen molar-refractivity contribution in [3.8, 4) is 11.8 Å². The third kappa shape index (κ3) is 2.96. The zero-order valence-electron chi connectivity index (χ0n) is 10.6. The van der Waals surface area contributed by atoms with E-state index in [1.165, 1.54) is 0 Å². The first kappa shape index (κ1) is 12.3. The third-order valence-electron chi connectivity index (χ3n) is 2.59. The molecule has 0 bridgehead atoms. The molecule has 1 heterocycles. The summed E-state index contributed by atoms with van der Waals surface area (Å²) in [6.07, 6.45) is 3.82. The van der Waals surface area contributed by atoms with Crippen LogP contribution < -0.4 is 5.32 Å². The van der Waals surface area contributed by atoms with Gasteiger partial charge in [-0.3, -0.25) is 0 Å². The van der Waals surface area contributed by atoms with Crippen LogP contribution in [0.1, 0.15) is 25.0 Å². The van der Waals surface area contributed by atoms with Gasteiger partial charge in [-0.05, 0) is 18.2 Å². The molecule has 2 rings (SSSR count). The lowest BCUT2D eigenvalue weighted by molar-refractivity contribution is 0.589. The van der Waals surface area contributed by atoms with Gasteiger partial charge in [-0.1, -0.05) is 19.9 Å². The summed E-state index contributed by atoms with van der Waals surface area (Å²) in [5, 5.41) is 16.5. The molecule has 0 radical (unpaired) electrons. The van der Waals surface area contributed by atoms with Gasteiger partial charge in [0, 0.05) is 24.3 Å². The largest absolute Gasteiger partial charge is 0.310 e. The van der Waals surface area contributed by atoms with Crippen molar-refractivity contribution in [1.29, 1.82) is 5.26 Å². The number of hydrogen-bond acceptors (Lipinski definition) is 3. The molecule has 4 nitrogen and oxygen atoms in total. The van der Waals surface area contributed by atoms with E-state index in [4.69, 9.17) is 5.26 Å². The summed E-state index contributed by atoms with van der Waals surface area (Å²) < 4.78 is 1.79. The van der Waals surface area contributed by atoms with Gasteiger partial charge in [-0.2, -0.15) is 10.4 Å². The molecular formula is C14H16N4. The van der Waals surface area contributed by atoms with Gasteiger partial charge in [-0.15, -0.1) is 0 Å². The molecule has 0 aliphatic heterocycles. The summed E-state index contributed by atoms with van der Waals surface area (Å²) in [6, 6.07) is 10.00. The Kier molecular flexibility index (Phi) is 3.75. The number of aromatic nitrogens is 2. The Morgan fingerprint density at radius 1 is 1.44 bits per heavy atom. The minimum absolute atomic E-state index is 0.454. The van der Waals surface area contributed by atoms with E-state index < -0.39 is 0 Å². The standard InChI is InChI=1S/C14H16N4/c1-11(2)16-8-13-9-17-18(10-13)14-5-3-4-12(6-14)7-15/h3-6,9-11,16H,8H2,1-2H3. The molecule has 1 aromatic heterocycles. The molecule has 1 aromatic carbocycles. The van der Waals surface area contributed by atoms with E-state index in [-0.39, 0.29) is 0 Å². The van der Waals surface area contributed by atoms with Crippen molar-refractivity contribution >= 4 is 0 Å². The van der Waals surface area contributed by atoms with Gasteiger partial charge in [0.1, 0.15) is 0 Å². The summed E-state index contributed by atoms with van der Waals surface area (Å²) in [6.45, 7) is 5.03. The summed E-state index contributed by atoms with van der Waals surface area (Å²) in [7, 11) is 0. The number of benzene rings is 1. The summed E-state index contributed by atoms with van der Waals surface area (Å²) >= 11 is 0. The number of hydrogen-bond donors (Lipinski definition) is 1. The Morgan fingerprint density at radius 2 is 2.28 bits per heavy atom. The molecule has 0 saturated heterocycles. The fraction of sp³-hybridized carbons (Fsp3) is 0.286. The average Bonchev–Trinajstić information content (AvgIpc) is 2.85. The van der Waals surface area contributed by atoms with E-state index in [1.807, 2.05) is 30.6 Å². The molecule has 92 valence electrons. The second-order valence-corrected chi connectivity index (χ2v) is 4.49. The van der Waals surface area contributed by atoms with Crippen molar-refractivity contribution in [2.24, 2.45) is 0 Å². The average molecular weight is 240 g/mol. The number of nitrogens with zero attached hydrogens (tertiary/aromatic N) is 3. The van der Waals surface area contributed by atoms with Crippen molar-refractivity contribution in [1.82, 2.24) is 15.1 Å². The predicted molar refractivity (Wildman–Crippen MR) is 70.3 cm³/mol. The van der Waals surface area contributed by atoms with Crippen LogP contribution in [0, 0.1) is 11.3 Å². The van der Waals surface area contributed by atoms with Crippen LogP contribution in [0.25, 0.3) is 5.69 Å². The lowest BCUT2D eigenvalue weighted by atomic mass is 10.2. The summed E-state index contributed by atoms with van der Waals surface area (Å²) in [5.41, 5.74) is 2.68. The summed E-state index contributed by atoms with van der Waals surface area (Å²) in [5.74, 6) is 0. The van der Waals surface area contributed by atoms with Crippen LogP contribution in [0.2, 0.25) is 0 Å². The zero-order valence-corrected chi connectivity index (χ0v) is 10.6. The SMILES string of the molecule is CC(C)NCc1cnn(-c2cccc(C#N)c2)c1. The quantitative estimate of drug-likeness (QED) is 0.891. The van der Waals surface area contributed by atoms with E-state index in [2.05, 4.69) is 30.3 Å². The highest BCUT2D eigenvalue weighted by atomic mass is 15.3. The molecule has 4 heteroatoms. The first-order valence-corrected chi connectivity index (χ1v) is 5.96. The van der Waals surface area contributed by atoms with Gasteiger partial charge in [0.05, 0.1) is 23.5 Å². The molecule has 18 heavy (non-hydrogen) atoms. The lowest BCUT2D eigenvalue weighted by Crippen LogP contribution is -2.21. The maximum Gasteiger partial charge on any atom is 0.0992 e. The van der Waals surface area contributed by atoms with Gasteiger partial charge >= 0.3 is 0 Å². The third-order valence-corrected chi connectivity index (χ3v) is 2.59. The molecule has 0 aliphatic carbocycles. The van der Waals surface area contributed by atoms with Gasteiger partial charge < -0.3 is 5.32 Å². The van der Waals surface area contributed by atoms with Crippen LogP contribution in [-0.2, 0) is 6.54 Å². The molecule has 0 aliphatic rings. The zero-order chi connectivity index (χ0) is 13.0. The van der Waals surface area contributed by atoms with E-state index in [9.17, 15) is 0 Å². The van der Waals surface area contributed by atoms with Crippen LogP contribution in [-0.4, -0.2) is 15.8 Å². The van der Waals surface area contributed by atoms with Crippen molar-refractivity contribution in [2.45, 2.75) is 26.4 Å². The van der Waals surface area contributed by atoms with Gasteiger partial charge in [0.2, 0.25) is 0 Å². The minimum Gasteiger partial charge on any atom is -0.310 e. The maximum absolute atomic E-state index is 8.87. The highest BCUT2D eigenvalue weighted by molar-refractivity contribution is 5.40. The highest BCUT2D eigenvalue weighted by Crippen LogP contribution is 2.10. The second kappa shape index (κ2) is 5.48. The molecule has 0 amide bonds. The van der Waals surface area contributed by atoms with E-state index in [1.54, 1.807) is 10.7 Å². The van der Waals surface area contributed by atoms with Crippen molar-refractivity contribution < 1.29 is 0 Å². The molecule has 0 saturated carbocycles. The van der Waals surface area contributed by atoms with Crippen molar-refractivity contribution in [3.05, 3.63) is 47.8 Å². The molecule has 0 atom stereocenters. The first-order chi connectivity index (χ1) is 8.69. The Labute approximate surface area is 107 Å². The summed E-state index contributed by atoms with van der Waals surface area (Å²) in [4.78, 5) is 0. The Morgan fingerprint density at radius 3 is 3.00 bits per heavy atom. The van der Waals surface area contributed by atoms with Crippen LogP contribution in [0.15, 0.2) is 36.7 Å². The second-order valence-electron chi connectivity index (χ2n) is 4.49. The van der Waals surface area contributed by atoms with E-state index in [0.717, 1.165) is 17.8 Å². The monoisotopic (exact) mass is 240 g/mol. The Bertz CT molecular complexity index is 563. The van der Waals surface area contributed by atoms with Crippen LogP contribution in [0.5, 0.6) is 0 Å². The van der Waals surface area contributed by atoms with Crippen LogP contribution in [0.3, 0.4) is 0 Å². The molecule has 1 N–H and O–H groups in total. The topological polar surface area (TPSA) is 53.6 Å². The highest BCUT2D eigenvalue weighted by Gasteiger charge is 2.02. The molecule has 0 unspecified atom stereocenters. The van der Waals surface area contributed by atoms with Crippen LogP contribution >= 0.6 is 0 Å². The molecule has 0 fully saturated rings. The normalized spacial score (nSPS) is 10.6. The van der Waals surface area contributed by atoms with Gasteiger partial charge in [-0.25, -0.2) is 4.68 Å². The van der Waals surface area contributed by atoms with Crippen molar-refractivity contribution in [2.75, 3.05) is 0 Å². The van der Waals surface area contributed by atoms with Gasteiger partial charge in [0.15, 0.2) is 0 Å². The minimum atomic E-state index is 0.454. The fourth-order valence-electron chi connectivity index (χ4n) is 1.63. The Hall–Kier alpha value is -2.12. The molecule has 2 aromatic rings. The number of nitriles is 1. The maximum atomic E-state index is 8.87. The fourth-order valence-corrected chi connectivity index (χ4v) is 1.63. The predicted octanol–water partition coefficient (Wildman–Crippen LogP) is 2.24. The lowest BCUT2D eigenvalue weighted by Gasteiger charge is -2.05. The number of rotatable bonds is 4. The van der Waals surface area contributed by atoms with Gasteiger partial charge in [0.25, 0.3) is 0 Å². The van der Waals surface area contributed by atoms with E-state index >= 15 is 0 Å². The van der Waals surface area contributed by atoms with Crippen LogP contribution in [0.4, 0.5) is 0 Å². The molecular weight excluding hydrogens is 224 g/mol. The smallest absolute Gasteiger partial charge is 0.0992 e. The Balaban J connectivity index is 2.16. The number of nitrogens with one attached hydrogen (secondary N) is 1.